The molecule has 0 fully saturated rings. The molecule has 0 aliphatic heterocycles. The summed E-state index contributed by atoms with van der Waals surface area (Å²) >= 11 is 0. The molecule has 2 aromatic rings. The SMILES string of the molecule is CCC(C)Oc1cccc(NC(=O)c2ccccc2OC(C)C)c1. The van der Waals surface area contributed by atoms with Crippen molar-refractivity contribution < 1.29 is 14.3 Å². The molecule has 0 saturated carbocycles. The highest BCUT2D eigenvalue weighted by atomic mass is 16.5. The van der Waals surface area contributed by atoms with Crippen molar-refractivity contribution >= 4 is 11.6 Å². The Morgan fingerprint density at radius 3 is 2.50 bits per heavy atom. The highest BCUT2D eigenvalue weighted by Crippen LogP contribution is 2.23. The highest BCUT2D eigenvalue weighted by Gasteiger charge is 2.13. The molecule has 0 radical (unpaired) electrons. The fourth-order valence-electron chi connectivity index (χ4n) is 2.17. The van der Waals surface area contributed by atoms with Crippen molar-refractivity contribution in [3.63, 3.8) is 0 Å². The number of benzene rings is 2. The smallest absolute Gasteiger partial charge is 0.259 e. The van der Waals surface area contributed by atoms with Crippen LogP contribution in [-0.4, -0.2) is 18.1 Å². The predicted octanol–water partition coefficient (Wildman–Crippen LogP) is 4.90. The Morgan fingerprint density at radius 1 is 1.04 bits per heavy atom. The first-order chi connectivity index (χ1) is 11.5. The Morgan fingerprint density at radius 2 is 1.79 bits per heavy atom. The molecule has 2 aromatic carbocycles. The Kier molecular flexibility index (Phi) is 6.24. The first kappa shape index (κ1) is 17.9. The van der Waals surface area contributed by atoms with Gasteiger partial charge in [0, 0.05) is 11.8 Å². The molecule has 4 nitrogen and oxygen atoms in total. The quantitative estimate of drug-likeness (QED) is 0.786. The maximum Gasteiger partial charge on any atom is 0.259 e. The zero-order chi connectivity index (χ0) is 17.5. The molecule has 1 atom stereocenters. The lowest BCUT2D eigenvalue weighted by Gasteiger charge is -2.15. The molecular weight excluding hydrogens is 302 g/mol. The number of para-hydroxylation sites is 1. The number of anilines is 1. The van der Waals surface area contributed by atoms with Crippen molar-refractivity contribution in [1.29, 1.82) is 0 Å². The Labute approximate surface area is 143 Å². The summed E-state index contributed by atoms with van der Waals surface area (Å²) in [7, 11) is 0. The van der Waals surface area contributed by atoms with Gasteiger partial charge in [0.25, 0.3) is 5.91 Å². The lowest BCUT2D eigenvalue weighted by molar-refractivity contribution is 0.102. The van der Waals surface area contributed by atoms with E-state index in [9.17, 15) is 4.79 Å². The van der Waals surface area contributed by atoms with E-state index in [2.05, 4.69) is 12.2 Å². The van der Waals surface area contributed by atoms with Gasteiger partial charge in [-0.3, -0.25) is 4.79 Å². The number of rotatable bonds is 7. The van der Waals surface area contributed by atoms with Crippen LogP contribution in [0.3, 0.4) is 0 Å². The van der Waals surface area contributed by atoms with Crippen molar-refractivity contribution in [2.24, 2.45) is 0 Å². The van der Waals surface area contributed by atoms with Gasteiger partial charge in [0.15, 0.2) is 0 Å². The average molecular weight is 327 g/mol. The van der Waals surface area contributed by atoms with E-state index in [0.717, 1.165) is 12.2 Å². The topological polar surface area (TPSA) is 47.6 Å². The first-order valence-corrected chi connectivity index (χ1v) is 8.33. The molecule has 0 aliphatic rings. The third-order valence-electron chi connectivity index (χ3n) is 3.50. The van der Waals surface area contributed by atoms with Gasteiger partial charge in [-0.25, -0.2) is 0 Å². The van der Waals surface area contributed by atoms with Crippen LogP contribution in [0.15, 0.2) is 48.5 Å². The average Bonchev–Trinajstić information content (AvgIpc) is 2.55. The molecular formula is C20H25NO3. The van der Waals surface area contributed by atoms with Gasteiger partial charge in [-0.1, -0.05) is 25.1 Å². The number of carbonyl (C=O) groups excluding carboxylic acids is 1. The lowest BCUT2D eigenvalue weighted by Crippen LogP contribution is -2.16. The van der Waals surface area contributed by atoms with E-state index in [0.29, 0.717) is 17.0 Å². The summed E-state index contributed by atoms with van der Waals surface area (Å²) in [4.78, 5) is 12.6. The van der Waals surface area contributed by atoms with Gasteiger partial charge < -0.3 is 14.8 Å². The standard InChI is InChI=1S/C20H25NO3/c1-5-15(4)24-17-10-8-9-16(13-17)21-20(22)18-11-6-7-12-19(18)23-14(2)3/h6-15H,5H2,1-4H3,(H,21,22). The summed E-state index contributed by atoms with van der Waals surface area (Å²) in [6.45, 7) is 7.96. The van der Waals surface area contributed by atoms with Gasteiger partial charge in [-0.15, -0.1) is 0 Å². The molecule has 24 heavy (non-hydrogen) atoms. The van der Waals surface area contributed by atoms with Crippen molar-refractivity contribution in [3.8, 4) is 11.5 Å². The van der Waals surface area contributed by atoms with Crippen molar-refractivity contribution in [2.75, 3.05) is 5.32 Å². The van der Waals surface area contributed by atoms with Gasteiger partial charge in [0.1, 0.15) is 11.5 Å². The minimum atomic E-state index is -0.202. The fraction of sp³-hybridized carbons (Fsp3) is 0.350. The van der Waals surface area contributed by atoms with Gasteiger partial charge in [0.05, 0.1) is 17.8 Å². The normalized spacial score (nSPS) is 11.9. The van der Waals surface area contributed by atoms with Crippen molar-refractivity contribution in [2.45, 2.75) is 46.3 Å². The zero-order valence-corrected chi connectivity index (χ0v) is 14.7. The maximum atomic E-state index is 12.6. The van der Waals surface area contributed by atoms with Crippen LogP contribution in [0.2, 0.25) is 0 Å². The number of ether oxygens (including phenoxy) is 2. The van der Waals surface area contributed by atoms with Gasteiger partial charge in [-0.05, 0) is 51.5 Å². The Balaban J connectivity index is 2.14. The summed E-state index contributed by atoms with van der Waals surface area (Å²) < 4.78 is 11.5. The second-order valence-electron chi connectivity index (χ2n) is 5.98. The molecule has 1 N–H and O–H groups in total. The second-order valence-corrected chi connectivity index (χ2v) is 5.98. The maximum absolute atomic E-state index is 12.6. The minimum Gasteiger partial charge on any atom is -0.491 e. The number of amides is 1. The van der Waals surface area contributed by atoms with Crippen LogP contribution in [0.1, 0.15) is 44.5 Å². The molecule has 128 valence electrons. The summed E-state index contributed by atoms with van der Waals surface area (Å²) in [5, 5.41) is 2.90. The Hall–Kier alpha value is -2.49. The Bertz CT molecular complexity index is 682. The molecule has 0 aliphatic carbocycles. The molecule has 0 aromatic heterocycles. The fourth-order valence-corrected chi connectivity index (χ4v) is 2.17. The highest BCUT2D eigenvalue weighted by molar-refractivity contribution is 6.06. The van der Waals surface area contributed by atoms with E-state index in [-0.39, 0.29) is 18.1 Å². The molecule has 0 bridgehead atoms. The number of nitrogens with one attached hydrogen (secondary N) is 1. The summed E-state index contributed by atoms with van der Waals surface area (Å²) in [6, 6.07) is 14.7. The van der Waals surface area contributed by atoms with Gasteiger partial charge in [-0.2, -0.15) is 0 Å². The second kappa shape index (κ2) is 8.39. The molecule has 0 heterocycles. The van der Waals surface area contributed by atoms with Crippen molar-refractivity contribution in [1.82, 2.24) is 0 Å². The van der Waals surface area contributed by atoms with Crippen LogP contribution in [0, 0.1) is 0 Å². The molecule has 1 amide bonds. The predicted molar refractivity (Wildman–Crippen MR) is 97.0 cm³/mol. The molecule has 4 heteroatoms. The van der Waals surface area contributed by atoms with Crippen LogP contribution >= 0.6 is 0 Å². The molecule has 0 saturated heterocycles. The summed E-state index contributed by atoms with van der Waals surface area (Å²) in [5.74, 6) is 1.12. The third kappa shape index (κ3) is 5.01. The third-order valence-corrected chi connectivity index (χ3v) is 3.50. The molecule has 0 spiro atoms. The first-order valence-electron chi connectivity index (χ1n) is 8.33. The number of hydrogen-bond donors (Lipinski definition) is 1. The lowest BCUT2D eigenvalue weighted by atomic mass is 10.1. The van der Waals surface area contributed by atoms with Gasteiger partial charge in [0.2, 0.25) is 0 Å². The van der Waals surface area contributed by atoms with Crippen molar-refractivity contribution in [3.05, 3.63) is 54.1 Å². The number of hydrogen-bond acceptors (Lipinski definition) is 3. The van der Waals surface area contributed by atoms with E-state index in [1.54, 1.807) is 12.1 Å². The monoisotopic (exact) mass is 327 g/mol. The van der Waals surface area contributed by atoms with Crippen LogP contribution in [0.5, 0.6) is 11.5 Å². The van der Waals surface area contributed by atoms with Crippen LogP contribution < -0.4 is 14.8 Å². The largest absolute Gasteiger partial charge is 0.491 e. The van der Waals surface area contributed by atoms with E-state index in [4.69, 9.17) is 9.47 Å². The zero-order valence-electron chi connectivity index (χ0n) is 14.7. The van der Waals surface area contributed by atoms with Crippen LogP contribution in [-0.2, 0) is 0 Å². The van der Waals surface area contributed by atoms with E-state index in [1.807, 2.05) is 57.2 Å². The van der Waals surface area contributed by atoms with Crippen LogP contribution in [0.25, 0.3) is 0 Å². The van der Waals surface area contributed by atoms with E-state index in [1.165, 1.54) is 0 Å². The summed E-state index contributed by atoms with van der Waals surface area (Å²) in [5.41, 5.74) is 1.21. The summed E-state index contributed by atoms with van der Waals surface area (Å²) in [6.07, 6.45) is 1.07. The molecule has 1 unspecified atom stereocenters. The molecule has 2 rings (SSSR count). The minimum absolute atomic E-state index is 0.00575. The number of carbonyl (C=O) groups is 1. The van der Waals surface area contributed by atoms with Gasteiger partial charge >= 0.3 is 0 Å². The van der Waals surface area contributed by atoms with E-state index >= 15 is 0 Å². The van der Waals surface area contributed by atoms with E-state index < -0.39 is 0 Å². The van der Waals surface area contributed by atoms with Crippen LogP contribution in [0.4, 0.5) is 5.69 Å².